The molecule has 1 aromatic heterocycles. The van der Waals surface area contributed by atoms with Crippen LogP contribution in [0.15, 0.2) is 105 Å². The molecule has 4 aromatic carbocycles. The van der Waals surface area contributed by atoms with Gasteiger partial charge in [-0.2, -0.15) is 9.78 Å². The van der Waals surface area contributed by atoms with E-state index in [1.54, 1.807) is 24.4 Å². The van der Waals surface area contributed by atoms with Crippen molar-refractivity contribution in [3.63, 3.8) is 0 Å². The molecule has 0 aliphatic heterocycles. The highest BCUT2D eigenvalue weighted by atomic mass is 79.9. The van der Waals surface area contributed by atoms with Crippen LogP contribution in [0.2, 0.25) is 5.02 Å². The molecule has 0 saturated heterocycles. The van der Waals surface area contributed by atoms with Gasteiger partial charge in [0.15, 0.2) is 17.3 Å². The summed E-state index contributed by atoms with van der Waals surface area (Å²) in [5, 5.41) is 5.39. The molecule has 0 amide bonds. The molecule has 5 aromatic rings. The van der Waals surface area contributed by atoms with E-state index in [2.05, 4.69) is 21.0 Å². The van der Waals surface area contributed by atoms with E-state index in [1.807, 2.05) is 79.7 Å². The van der Waals surface area contributed by atoms with Crippen LogP contribution in [0.3, 0.4) is 0 Å². The standard InChI is InChI=1S/C30H23BrClN3O3/c1-2-37-27-17-21(16-25(32)28(27)38-19-20-12-14-23(31)15-13-20)18-33-35-29(22-8-4-3-5-9-22)34-26-11-7-6-10-24(26)30(35)36/h3-18H,2,19H2,1H3. The van der Waals surface area contributed by atoms with Crippen molar-refractivity contribution >= 4 is 44.6 Å². The second kappa shape index (κ2) is 11.6. The molecular weight excluding hydrogens is 566 g/mol. The number of fused-ring (bicyclic) bond motifs is 1. The summed E-state index contributed by atoms with van der Waals surface area (Å²) in [7, 11) is 0. The van der Waals surface area contributed by atoms with E-state index >= 15 is 0 Å². The van der Waals surface area contributed by atoms with E-state index < -0.39 is 0 Å². The van der Waals surface area contributed by atoms with Gasteiger partial charge in [0.2, 0.25) is 0 Å². The van der Waals surface area contributed by atoms with Gasteiger partial charge in [-0.15, -0.1) is 0 Å². The van der Waals surface area contributed by atoms with E-state index in [0.717, 1.165) is 15.6 Å². The van der Waals surface area contributed by atoms with E-state index in [-0.39, 0.29) is 5.56 Å². The van der Waals surface area contributed by atoms with Crippen LogP contribution >= 0.6 is 27.5 Å². The molecule has 0 fully saturated rings. The van der Waals surface area contributed by atoms with E-state index in [9.17, 15) is 4.79 Å². The Bertz CT molecular complexity index is 1670. The van der Waals surface area contributed by atoms with Crippen LogP contribution in [-0.4, -0.2) is 22.5 Å². The first kappa shape index (κ1) is 25.7. The molecule has 1 heterocycles. The minimum atomic E-state index is -0.267. The van der Waals surface area contributed by atoms with Gasteiger partial charge in [0.1, 0.15) is 6.61 Å². The molecule has 0 aliphatic rings. The summed E-state index contributed by atoms with van der Waals surface area (Å²) in [6, 6.07) is 28.1. The van der Waals surface area contributed by atoms with Gasteiger partial charge in [-0.25, -0.2) is 4.98 Å². The van der Waals surface area contributed by atoms with E-state index in [4.69, 9.17) is 26.1 Å². The predicted octanol–water partition coefficient (Wildman–Crippen LogP) is 7.34. The fourth-order valence-electron chi connectivity index (χ4n) is 3.93. The van der Waals surface area contributed by atoms with Crippen LogP contribution in [-0.2, 0) is 6.61 Å². The fraction of sp³-hybridized carbons (Fsp3) is 0.100. The number of para-hydroxylation sites is 1. The SMILES string of the molecule is CCOc1cc(C=Nn2c(-c3ccccc3)nc3ccccc3c2=O)cc(Cl)c1OCc1ccc(Br)cc1. The van der Waals surface area contributed by atoms with Crippen LogP contribution < -0.4 is 15.0 Å². The molecule has 0 saturated carbocycles. The van der Waals surface area contributed by atoms with Crippen molar-refractivity contribution in [3.05, 3.63) is 122 Å². The van der Waals surface area contributed by atoms with Gasteiger partial charge in [0, 0.05) is 10.0 Å². The predicted molar refractivity (Wildman–Crippen MR) is 156 cm³/mol. The minimum absolute atomic E-state index is 0.267. The highest BCUT2D eigenvalue weighted by Crippen LogP contribution is 2.37. The lowest BCUT2D eigenvalue weighted by atomic mass is 10.2. The van der Waals surface area contributed by atoms with Crippen molar-refractivity contribution in [2.45, 2.75) is 13.5 Å². The Kier molecular flexibility index (Phi) is 7.86. The van der Waals surface area contributed by atoms with Crippen LogP contribution in [0, 0.1) is 0 Å². The summed E-state index contributed by atoms with van der Waals surface area (Å²) in [5.41, 5.74) is 2.76. The Labute approximate surface area is 233 Å². The number of hydrogen-bond donors (Lipinski definition) is 0. The van der Waals surface area contributed by atoms with E-state index in [1.165, 1.54) is 4.68 Å². The van der Waals surface area contributed by atoms with Crippen LogP contribution in [0.5, 0.6) is 11.5 Å². The third-order valence-electron chi connectivity index (χ3n) is 5.74. The normalized spacial score (nSPS) is 11.2. The molecule has 8 heteroatoms. The van der Waals surface area contributed by atoms with Crippen molar-refractivity contribution < 1.29 is 9.47 Å². The number of aromatic nitrogens is 2. The number of benzene rings is 4. The second-order valence-electron chi connectivity index (χ2n) is 8.36. The van der Waals surface area contributed by atoms with Crippen molar-refractivity contribution in [2.75, 3.05) is 6.61 Å². The van der Waals surface area contributed by atoms with Gasteiger partial charge in [-0.3, -0.25) is 4.79 Å². The molecule has 0 N–H and O–H groups in total. The molecular formula is C30H23BrClN3O3. The zero-order valence-electron chi connectivity index (χ0n) is 20.5. The molecule has 190 valence electrons. The summed E-state index contributed by atoms with van der Waals surface area (Å²) in [5.74, 6) is 1.38. The molecule has 6 nitrogen and oxygen atoms in total. The Morgan fingerprint density at radius 3 is 2.47 bits per heavy atom. The summed E-state index contributed by atoms with van der Waals surface area (Å²) < 4.78 is 14.2. The van der Waals surface area contributed by atoms with Gasteiger partial charge in [0.25, 0.3) is 5.56 Å². The van der Waals surface area contributed by atoms with Crippen molar-refractivity contribution in [2.24, 2.45) is 5.10 Å². The van der Waals surface area contributed by atoms with Crippen molar-refractivity contribution in [1.29, 1.82) is 0 Å². The lowest BCUT2D eigenvalue weighted by Gasteiger charge is -2.15. The van der Waals surface area contributed by atoms with Gasteiger partial charge in [0.05, 0.1) is 28.7 Å². The van der Waals surface area contributed by atoms with Crippen LogP contribution in [0.1, 0.15) is 18.1 Å². The number of hydrogen-bond acceptors (Lipinski definition) is 5. The maximum atomic E-state index is 13.4. The van der Waals surface area contributed by atoms with E-state index in [0.29, 0.717) is 52.0 Å². The van der Waals surface area contributed by atoms with Gasteiger partial charge < -0.3 is 9.47 Å². The maximum Gasteiger partial charge on any atom is 0.282 e. The minimum Gasteiger partial charge on any atom is -0.490 e. The Morgan fingerprint density at radius 2 is 1.71 bits per heavy atom. The number of nitrogens with zero attached hydrogens (tertiary/aromatic N) is 3. The largest absolute Gasteiger partial charge is 0.490 e. The first-order valence-corrected chi connectivity index (χ1v) is 13.2. The smallest absolute Gasteiger partial charge is 0.282 e. The summed E-state index contributed by atoms with van der Waals surface area (Å²) in [6.07, 6.45) is 1.57. The molecule has 0 spiro atoms. The van der Waals surface area contributed by atoms with Crippen molar-refractivity contribution in [3.8, 4) is 22.9 Å². The highest BCUT2D eigenvalue weighted by Gasteiger charge is 2.15. The molecule has 0 unspecified atom stereocenters. The molecule has 0 aliphatic carbocycles. The Balaban J connectivity index is 1.52. The Morgan fingerprint density at radius 1 is 0.974 bits per heavy atom. The van der Waals surface area contributed by atoms with Gasteiger partial charge in [-0.1, -0.05) is 82.1 Å². The third kappa shape index (κ3) is 5.64. The average Bonchev–Trinajstić information content (AvgIpc) is 2.93. The summed E-state index contributed by atoms with van der Waals surface area (Å²) in [6.45, 7) is 2.65. The first-order valence-electron chi connectivity index (χ1n) is 12.0. The van der Waals surface area contributed by atoms with Gasteiger partial charge in [-0.05, 0) is 54.4 Å². The Hall–Kier alpha value is -3.94. The molecule has 0 atom stereocenters. The van der Waals surface area contributed by atoms with Crippen molar-refractivity contribution in [1.82, 2.24) is 9.66 Å². The monoisotopic (exact) mass is 587 g/mol. The lowest BCUT2D eigenvalue weighted by Crippen LogP contribution is -2.20. The molecule has 5 rings (SSSR count). The lowest BCUT2D eigenvalue weighted by molar-refractivity contribution is 0.269. The molecule has 0 radical (unpaired) electrons. The topological polar surface area (TPSA) is 65.7 Å². The fourth-order valence-corrected chi connectivity index (χ4v) is 4.47. The number of halogens is 2. The highest BCUT2D eigenvalue weighted by molar-refractivity contribution is 9.10. The molecule has 38 heavy (non-hydrogen) atoms. The quantitative estimate of drug-likeness (QED) is 0.178. The van der Waals surface area contributed by atoms with Crippen LogP contribution in [0.25, 0.3) is 22.3 Å². The zero-order chi connectivity index (χ0) is 26.5. The first-order chi connectivity index (χ1) is 18.5. The average molecular weight is 589 g/mol. The van der Waals surface area contributed by atoms with Gasteiger partial charge >= 0.3 is 0 Å². The zero-order valence-corrected chi connectivity index (χ0v) is 22.8. The summed E-state index contributed by atoms with van der Waals surface area (Å²) >= 11 is 10.1. The third-order valence-corrected chi connectivity index (χ3v) is 6.55. The maximum absolute atomic E-state index is 13.4. The second-order valence-corrected chi connectivity index (χ2v) is 9.68. The van der Waals surface area contributed by atoms with Crippen LogP contribution in [0.4, 0.5) is 0 Å². The molecule has 0 bridgehead atoms. The summed E-state index contributed by atoms with van der Waals surface area (Å²) in [4.78, 5) is 18.1. The number of rotatable bonds is 8. The number of ether oxygens (including phenoxy) is 2.